The lowest BCUT2D eigenvalue weighted by Crippen LogP contribution is -2.23. The van der Waals surface area contributed by atoms with Gasteiger partial charge in [-0.3, -0.25) is 4.99 Å². The second kappa shape index (κ2) is 5.35. The Bertz CT molecular complexity index is 222. The molecule has 0 aliphatic rings. The largest absolute Gasteiger partial charge is 0.363 e. The van der Waals surface area contributed by atoms with Crippen molar-refractivity contribution in [2.75, 3.05) is 21.1 Å². The van der Waals surface area contributed by atoms with Gasteiger partial charge >= 0.3 is 0 Å². The van der Waals surface area contributed by atoms with E-state index in [4.69, 9.17) is 0 Å². The monoisotopic (exact) mass is 164 g/mol. The van der Waals surface area contributed by atoms with E-state index in [0.29, 0.717) is 0 Å². The van der Waals surface area contributed by atoms with Gasteiger partial charge in [0.1, 0.15) is 5.84 Å². The van der Waals surface area contributed by atoms with Crippen molar-refractivity contribution >= 4 is 5.84 Å². The summed E-state index contributed by atoms with van der Waals surface area (Å²) in [5, 5.41) is 0. The predicted octanol–water partition coefficient (Wildman–Crippen LogP) is 1.87. The van der Waals surface area contributed by atoms with Crippen LogP contribution < -0.4 is 0 Å². The Morgan fingerprint density at radius 1 is 1.33 bits per heavy atom. The zero-order valence-corrected chi connectivity index (χ0v) is 8.04. The van der Waals surface area contributed by atoms with Crippen LogP contribution in [0.1, 0.15) is 0 Å². The van der Waals surface area contributed by atoms with E-state index >= 15 is 0 Å². The van der Waals surface area contributed by atoms with E-state index < -0.39 is 0 Å². The molecule has 2 heteroatoms. The number of hydrogen-bond donors (Lipinski definition) is 0. The van der Waals surface area contributed by atoms with Crippen LogP contribution in [-0.4, -0.2) is 31.9 Å². The van der Waals surface area contributed by atoms with Crippen LogP contribution in [0.4, 0.5) is 0 Å². The van der Waals surface area contributed by atoms with E-state index in [9.17, 15) is 0 Å². The predicted molar refractivity (Wildman–Crippen MR) is 55.5 cm³/mol. The van der Waals surface area contributed by atoms with Gasteiger partial charge in [-0.15, -0.1) is 0 Å². The Morgan fingerprint density at radius 2 is 1.92 bits per heavy atom. The molecular formula is C10H16N2. The fraction of sp³-hybridized carbons (Fsp3) is 0.300. The zero-order chi connectivity index (χ0) is 9.56. The molecule has 0 aromatic carbocycles. The lowest BCUT2D eigenvalue weighted by atomic mass is 10.2. The molecule has 0 aliphatic heterocycles. The van der Waals surface area contributed by atoms with E-state index in [1.165, 1.54) is 0 Å². The molecule has 0 aromatic rings. The first-order valence-corrected chi connectivity index (χ1v) is 3.77. The summed E-state index contributed by atoms with van der Waals surface area (Å²) >= 11 is 0. The molecule has 0 fully saturated rings. The molecule has 2 nitrogen and oxygen atoms in total. The van der Waals surface area contributed by atoms with Gasteiger partial charge in [0, 0.05) is 26.7 Å². The first-order chi connectivity index (χ1) is 5.67. The summed E-state index contributed by atoms with van der Waals surface area (Å²) in [5.74, 6) is 0.907. The molecule has 0 saturated heterocycles. The summed E-state index contributed by atoms with van der Waals surface area (Å²) in [4.78, 5) is 6.07. The molecule has 0 radical (unpaired) electrons. The van der Waals surface area contributed by atoms with Gasteiger partial charge in [-0.05, 0) is 0 Å². The maximum atomic E-state index is 4.13. The number of aliphatic imine (C=N–C) groups is 1. The molecule has 0 bridgehead atoms. The summed E-state index contributed by atoms with van der Waals surface area (Å²) in [6.07, 6.45) is 5.38. The average Bonchev–Trinajstić information content (AvgIpc) is 2.03. The van der Waals surface area contributed by atoms with Crippen LogP contribution in [0.25, 0.3) is 0 Å². The first-order valence-electron chi connectivity index (χ1n) is 3.77. The summed E-state index contributed by atoms with van der Waals surface area (Å²) in [6.45, 7) is 7.33. The maximum absolute atomic E-state index is 4.13. The minimum atomic E-state index is 0.907. The van der Waals surface area contributed by atoms with E-state index in [-0.39, 0.29) is 0 Å². The third kappa shape index (κ3) is 2.74. The van der Waals surface area contributed by atoms with Gasteiger partial charge < -0.3 is 4.90 Å². The molecular weight excluding hydrogens is 148 g/mol. The summed E-state index contributed by atoms with van der Waals surface area (Å²) in [7, 11) is 5.65. The Balaban J connectivity index is 4.82. The fourth-order valence-corrected chi connectivity index (χ4v) is 0.948. The highest BCUT2D eigenvalue weighted by molar-refractivity contribution is 6.00. The van der Waals surface area contributed by atoms with Crippen LogP contribution in [0.15, 0.2) is 42.0 Å². The molecule has 0 unspecified atom stereocenters. The van der Waals surface area contributed by atoms with Gasteiger partial charge in [-0.1, -0.05) is 31.4 Å². The standard InChI is InChI=1S/C10H16N2/c1-6-8-9(7-2)10(11-3)12(4)5/h6-8H,1-2H2,3-5H3/b9-8+,11-10?. The van der Waals surface area contributed by atoms with Gasteiger partial charge in [-0.25, -0.2) is 0 Å². The van der Waals surface area contributed by atoms with Crippen LogP contribution in [0.2, 0.25) is 0 Å². The maximum Gasteiger partial charge on any atom is 0.130 e. The Labute approximate surface area is 74.6 Å². The summed E-state index contributed by atoms with van der Waals surface area (Å²) in [5.41, 5.74) is 0.984. The molecule has 0 aliphatic carbocycles. The molecule has 0 spiro atoms. The fourth-order valence-electron chi connectivity index (χ4n) is 0.948. The van der Waals surface area contributed by atoms with Crippen molar-refractivity contribution in [3.63, 3.8) is 0 Å². The molecule has 12 heavy (non-hydrogen) atoms. The van der Waals surface area contributed by atoms with Crippen LogP contribution >= 0.6 is 0 Å². The summed E-state index contributed by atoms with van der Waals surface area (Å²) in [6, 6.07) is 0. The Kier molecular flexibility index (Phi) is 4.77. The molecule has 0 atom stereocenters. The van der Waals surface area contributed by atoms with Crippen molar-refractivity contribution in [1.29, 1.82) is 0 Å². The van der Waals surface area contributed by atoms with Crippen LogP contribution in [0, 0.1) is 0 Å². The van der Waals surface area contributed by atoms with Crippen molar-refractivity contribution in [2.24, 2.45) is 4.99 Å². The Hall–Kier alpha value is -1.31. The van der Waals surface area contributed by atoms with Gasteiger partial charge in [0.25, 0.3) is 0 Å². The van der Waals surface area contributed by atoms with E-state index in [1.54, 1.807) is 19.2 Å². The molecule has 0 saturated carbocycles. The number of nitrogens with zero attached hydrogens (tertiary/aromatic N) is 2. The second-order valence-corrected chi connectivity index (χ2v) is 2.50. The lowest BCUT2D eigenvalue weighted by molar-refractivity contribution is 0.622. The molecule has 0 amide bonds. The normalized spacial score (nSPS) is 12.6. The topological polar surface area (TPSA) is 15.6 Å². The average molecular weight is 164 g/mol. The van der Waals surface area contributed by atoms with Crippen molar-refractivity contribution in [2.45, 2.75) is 0 Å². The molecule has 0 rings (SSSR count). The second-order valence-electron chi connectivity index (χ2n) is 2.50. The van der Waals surface area contributed by atoms with Crippen molar-refractivity contribution < 1.29 is 0 Å². The van der Waals surface area contributed by atoms with E-state index in [0.717, 1.165) is 11.4 Å². The quantitative estimate of drug-likeness (QED) is 0.353. The highest BCUT2D eigenvalue weighted by Gasteiger charge is 2.02. The van der Waals surface area contributed by atoms with Crippen molar-refractivity contribution in [3.8, 4) is 0 Å². The minimum Gasteiger partial charge on any atom is -0.363 e. The number of likely N-dealkylation sites (N-methyl/N-ethyl adjacent to an activating group) is 1. The highest BCUT2D eigenvalue weighted by atomic mass is 15.1. The molecule has 0 heterocycles. The van der Waals surface area contributed by atoms with Crippen LogP contribution in [0.3, 0.4) is 0 Å². The smallest absolute Gasteiger partial charge is 0.130 e. The first kappa shape index (κ1) is 10.7. The van der Waals surface area contributed by atoms with E-state index in [1.807, 2.05) is 25.1 Å². The molecule has 0 N–H and O–H groups in total. The number of rotatable bonds is 3. The van der Waals surface area contributed by atoms with Crippen LogP contribution in [-0.2, 0) is 0 Å². The molecule has 0 aromatic heterocycles. The van der Waals surface area contributed by atoms with Gasteiger partial charge in [-0.2, -0.15) is 0 Å². The third-order valence-corrected chi connectivity index (χ3v) is 1.41. The van der Waals surface area contributed by atoms with Gasteiger partial charge in [0.05, 0.1) is 0 Å². The SMILES string of the molecule is C=C/C=C(\C=C)C(=NC)N(C)C. The number of allylic oxidation sites excluding steroid dienone is 2. The minimum absolute atomic E-state index is 0.907. The lowest BCUT2D eigenvalue weighted by Gasteiger charge is -2.15. The van der Waals surface area contributed by atoms with Crippen molar-refractivity contribution in [3.05, 3.63) is 37.0 Å². The van der Waals surface area contributed by atoms with Gasteiger partial charge in [0.2, 0.25) is 0 Å². The molecule has 66 valence electrons. The van der Waals surface area contributed by atoms with Crippen LogP contribution in [0.5, 0.6) is 0 Å². The number of amidine groups is 1. The van der Waals surface area contributed by atoms with E-state index in [2.05, 4.69) is 18.2 Å². The number of hydrogen-bond acceptors (Lipinski definition) is 1. The Morgan fingerprint density at radius 3 is 2.17 bits per heavy atom. The highest BCUT2D eigenvalue weighted by Crippen LogP contribution is 2.02. The third-order valence-electron chi connectivity index (χ3n) is 1.41. The van der Waals surface area contributed by atoms with Gasteiger partial charge in [0.15, 0.2) is 0 Å². The zero-order valence-electron chi connectivity index (χ0n) is 8.04. The van der Waals surface area contributed by atoms with Crippen molar-refractivity contribution in [1.82, 2.24) is 4.90 Å². The summed E-state index contributed by atoms with van der Waals surface area (Å²) < 4.78 is 0.